The minimum atomic E-state index is -1.25. The lowest BCUT2D eigenvalue weighted by molar-refractivity contribution is -0.126. The van der Waals surface area contributed by atoms with Crippen molar-refractivity contribution in [2.45, 2.75) is 50.6 Å². The Morgan fingerprint density at radius 2 is 1.93 bits per heavy atom. The second-order valence-electron chi connectivity index (χ2n) is 12.3. The molecule has 4 unspecified atom stereocenters. The van der Waals surface area contributed by atoms with Crippen molar-refractivity contribution in [1.29, 1.82) is 0 Å². The number of rotatable bonds is 6. The van der Waals surface area contributed by atoms with Crippen molar-refractivity contribution in [3.8, 4) is 0 Å². The maximum absolute atomic E-state index is 15.9. The predicted octanol–water partition coefficient (Wildman–Crippen LogP) is 4.67. The van der Waals surface area contributed by atoms with Crippen molar-refractivity contribution in [1.82, 2.24) is 15.1 Å². The average Bonchev–Trinajstić information content (AvgIpc) is 3.31. The van der Waals surface area contributed by atoms with Gasteiger partial charge in [0.25, 0.3) is 0 Å². The summed E-state index contributed by atoms with van der Waals surface area (Å²) in [6.07, 6.45) is 0.592. The molecule has 0 saturated carbocycles. The fraction of sp³-hybridized carbons (Fsp3) is 0.533. The number of morpholine rings is 1. The molecular formula is C30H37Cl2FN4O3. The van der Waals surface area contributed by atoms with E-state index in [0.29, 0.717) is 43.4 Å². The van der Waals surface area contributed by atoms with Gasteiger partial charge in [-0.25, -0.2) is 4.39 Å². The normalized spacial score (nSPS) is 27.2. The zero-order valence-corrected chi connectivity index (χ0v) is 24.9. The summed E-state index contributed by atoms with van der Waals surface area (Å²) in [5.41, 5.74) is 0.115. The first-order valence-electron chi connectivity index (χ1n) is 13.8. The van der Waals surface area contributed by atoms with E-state index in [1.165, 1.54) is 6.07 Å². The molecule has 0 aliphatic carbocycles. The van der Waals surface area contributed by atoms with Crippen LogP contribution in [-0.2, 0) is 19.7 Å². The van der Waals surface area contributed by atoms with Crippen LogP contribution in [0.4, 0.5) is 10.1 Å². The van der Waals surface area contributed by atoms with Crippen molar-refractivity contribution in [2.24, 2.45) is 5.41 Å². The van der Waals surface area contributed by atoms with E-state index in [9.17, 15) is 9.59 Å². The van der Waals surface area contributed by atoms with Crippen LogP contribution in [0.3, 0.4) is 0 Å². The van der Waals surface area contributed by atoms with Gasteiger partial charge in [0.05, 0.1) is 24.3 Å². The van der Waals surface area contributed by atoms with Crippen LogP contribution in [0, 0.1) is 11.2 Å². The first-order valence-corrected chi connectivity index (χ1v) is 14.6. The molecule has 1 spiro atoms. The van der Waals surface area contributed by atoms with Gasteiger partial charge >= 0.3 is 0 Å². The molecule has 2 N–H and O–H groups in total. The van der Waals surface area contributed by atoms with Crippen LogP contribution < -0.4 is 10.6 Å². The summed E-state index contributed by atoms with van der Waals surface area (Å²) in [4.78, 5) is 32.6. The zero-order chi connectivity index (χ0) is 28.8. The summed E-state index contributed by atoms with van der Waals surface area (Å²) in [5, 5.41) is 6.57. The summed E-state index contributed by atoms with van der Waals surface area (Å²) in [7, 11) is 1.87. The molecule has 40 heavy (non-hydrogen) atoms. The molecule has 0 radical (unpaired) electrons. The number of amides is 2. The summed E-state index contributed by atoms with van der Waals surface area (Å²) >= 11 is 12.6. The lowest BCUT2D eigenvalue weighted by atomic mass is 9.62. The Balaban J connectivity index is 1.63. The number of fused-ring (bicyclic) bond motifs is 2. The average molecular weight is 592 g/mol. The number of nitrogens with zero attached hydrogens (tertiary/aromatic N) is 2. The molecule has 10 heteroatoms. The third kappa shape index (κ3) is 5.13. The number of hydrogen-bond donors (Lipinski definition) is 2. The quantitative estimate of drug-likeness (QED) is 0.511. The topological polar surface area (TPSA) is 73.9 Å². The highest BCUT2D eigenvalue weighted by molar-refractivity contribution is 6.31. The molecule has 2 aromatic carbocycles. The number of nitrogens with one attached hydrogen (secondary N) is 2. The number of hydrogen-bond acceptors (Lipinski definition) is 5. The number of halogens is 3. The predicted molar refractivity (Wildman–Crippen MR) is 156 cm³/mol. The Hall–Kier alpha value is -2.23. The molecule has 2 fully saturated rings. The van der Waals surface area contributed by atoms with E-state index >= 15 is 4.39 Å². The Labute approximate surface area is 245 Å². The fourth-order valence-electron chi connectivity index (χ4n) is 6.84. The SMILES string of the molecule is CN1C(C(=O)NCCN2CCOCC2)C(c2cccc(Cl)c2F)C2(C(=O)Nc3cc(Cl)ccc32)C1CC(C)(C)C. The van der Waals surface area contributed by atoms with Gasteiger partial charge in [-0.2, -0.15) is 0 Å². The first kappa shape index (κ1) is 29.3. The van der Waals surface area contributed by atoms with E-state index in [0.717, 1.165) is 18.7 Å². The molecule has 216 valence electrons. The van der Waals surface area contributed by atoms with Crippen LogP contribution in [0.15, 0.2) is 36.4 Å². The Morgan fingerprint density at radius 1 is 1.20 bits per heavy atom. The van der Waals surface area contributed by atoms with Gasteiger partial charge in [0, 0.05) is 48.8 Å². The van der Waals surface area contributed by atoms with E-state index < -0.39 is 29.2 Å². The molecule has 3 heterocycles. The van der Waals surface area contributed by atoms with Crippen molar-refractivity contribution in [3.63, 3.8) is 0 Å². The van der Waals surface area contributed by atoms with Gasteiger partial charge in [-0.1, -0.05) is 62.2 Å². The van der Waals surface area contributed by atoms with Crippen LogP contribution in [-0.4, -0.2) is 80.1 Å². The lowest BCUT2D eigenvalue weighted by Crippen LogP contribution is -2.50. The molecule has 7 nitrogen and oxygen atoms in total. The molecule has 2 amide bonds. The summed E-state index contributed by atoms with van der Waals surface area (Å²) in [5.74, 6) is -1.96. The number of benzene rings is 2. The van der Waals surface area contributed by atoms with Gasteiger partial charge in [0.1, 0.15) is 11.2 Å². The van der Waals surface area contributed by atoms with Crippen LogP contribution in [0.5, 0.6) is 0 Å². The van der Waals surface area contributed by atoms with E-state index in [-0.39, 0.29) is 27.8 Å². The summed E-state index contributed by atoms with van der Waals surface area (Å²) in [6, 6.07) is 8.89. The number of likely N-dealkylation sites (tertiary alicyclic amines) is 1. The molecule has 2 aromatic rings. The van der Waals surface area contributed by atoms with Gasteiger partial charge in [0.15, 0.2) is 0 Å². The van der Waals surface area contributed by atoms with Crippen LogP contribution >= 0.6 is 23.2 Å². The van der Waals surface area contributed by atoms with Crippen LogP contribution in [0.25, 0.3) is 0 Å². The van der Waals surface area contributed by atoms with E-state index in [1.54, 1.807) is 24.3 Å². The Bertz CT molecular complexity index is 1300. The molecule has 5 rings (SSSR count). The van der Waals surface area contributed by atoms with Crippen molar-refractivity contribution < 1.29 is 18.7 Å². The highest BCUT2D eigenvalue weighted by Crippen LogP contribution is 2.60. The Kier molecular flexibility index (Phi) is 8.21. The first-order chi connectivity index (χ1) is 18.9. The van der Waals surface area contributed by atoms with Crippen molar-refractivity contribution in [3.05, 3.63) is 63.4 Å². The second kappa shape index (κ2) is 11.2. The van der Waals surface area contributed by atoms with E-state index in [1.807, 2.05) is 18.0 Å². The molecule has 2 saturated heterocycles. The molecular weight excluding hydrogens is 554 g/mol. The number of ether oxygens (including phenoxy) is 1. The maximum atomic E-state index is 15.9. The number of carbonyl (C=O) groups excluding carboxylic acids is 2. The van der Waals surface area contributed by atoms with Crippen molar-refractivity contribution >= 4 is 40.7 Å². The largest absolute Gasteiger partial charge is 0.379 e. The van der Waals surface area contributed by atoms with E-state index in [4.69, 9.17) is 27.9 Å². The smallest absolute Gasteiger partial charge is 0.238 e. The van der Waals surface area contributed by atoms with E-state index in [2.05, 4.69) is 36.3 Å². The minimum absolute atomic E-state index is 0.0456. The third-order valence-corrected chi connectivity index (χ3v) is 9.06. The second-order valence-corrected chi connectivity index (χ2v) is 13.1. The number of anilines is 1. The Morgan fingerprint density at radius 3 is 2.62 bits per heavy atom. The zero-order valence-electron chi connectivity index (χ0n) is 23.4. The molecule has 3 aliphatic rings. The summed E-state index contributed by atoms with van der Waals surface area (Å²) < 4.78 is 21.4. The highest BCUT2D eigenvalue weighted by Gasteiger charge is 2.68. The standard InChI is InChI=1S/C30H37Cl2FN4O3/c1-29(2,3)17-23-30(20-9-8-18(31)16-22(20)35-28(30)39)24(19-6-5-7-21(32)25(19)33)26(36(23)4)27(38)34-10-11-37-12-14-40-15-13-37/h5-9,16,23-24,26H,10-15,17H2,1-4H3,(H,34,38)(H,35,39). The van der Waals surface area contributed by atoms with Gasteiger partial charge in [-0.15, -0.1) is 0 Å². The van der Waals surface area contributed by atoms with Gasteiger partial charge in [-0.3, -0.25) is 19.4 Å². The monoisotopic (exact) mass is 590 g/mol. The van der Waals surface area contributed by atoms with Gasteiger partial charge in [0.2, 0.25) is 11.8 Å². The third-order valence-electron chi connectivity index (χ3n) is 8.54. The minimum Gasteiger partial charge on any atom is -0.379 e. The summed E-state index contributed by atoms with van der Waals surface area (Å²) in [6.45, 7) is 10.4. The highest BCUT2D eigenvalue weighted by atomic mass is 35.5. The molecule has 0 bridgehead atoms. The van der Waals surface area contributed by atoms with Crippen LogP contribution in [0.2, 0.25) is 10.0 Å². The maximum Gasteiger partial charge on any atom is 0.238 e. The molecule has 3 aliphatic heterocycles. The molecule has 4 atom stereocenters. The molecule has 0 aromatic heterocycles. The number of carbonyl (C=O) groups is 2. The number of likely N-dealkylation sites (N-methyl/N-ethyl adjacent to an activating group) is 1. The van der Waals surface area contributed by atoms with Gasteiger partial charge in [-0.05, 0) is 48.2 Å². The lowest BCUT2D eigenvalue weighted by Gasteiger charge is -2.39. The van der Waals surface area contributed by atoms with Gasteiger partial charge < -0.3 is 15.4 Å². The van der Waals surface area contributed by atoms with Crippen molar-refractivity contribution in [2.75, 3.05) is 51.8 Å². The fourth-order valence-corrected chi connectivity index (χ4v) is 7.19. The van der Waals surface area contributed by atoms with Crippen LogP contribution in [0.1, 0.15) is 44.2 Å².